The molecule has 0 unspecified atom stereocenters. The van der Waals surface area contributed by atoms with Gasteiger partial charge in [-0.2, -0.15) is 0 Å². The van der Waals surface area contributed by atoms with E-state index in [0.29, 0.717) is 28.0 Å². The number of halogens is 1. The molecule has 0 bridgehead atoms. The van der Waals surface area contributed by atoms with Crippen LogP contribution in [-0.4, -0.2) is 44.2 Å². The Morgan fingerprint density at radius 2 is 1.94 bits per heavy atom. The molecule has 9 heteroatoms. The SMILES string of the molecule is CC[C@H](C)[C@@H](NC(=O)O[C@@H]1C(=O)c2cc(Br)ccc2O[C@H]1c1cccc(OC)c1)C(=O)OC. The quantitative estimate of drug-likeness (QED) is 0.539. The average Bonchev–Trinajstić information content (AvgIpc) is 2.83. The first-order chi connectivity index (χ1) is 15.8. The summed E-state index contributed by atoms with van der Waals surface area (Å²) in [4.78, 5) is 38.3. The van der Waals surface area contributed by atoms with Crippen molar-refractivity contribution in [1.29, 1.82) is 0 Å². The molecule has 1 aliphatic heterocycles. The molecule has 1 N–H and O–H groups in total. The van der Waals surface area contributed by atoms with Crippen molar-refractivity contribution < 1.29 is 33.3 Å². The Bertz CT molecular complexity index is 1040. The van der Waals surface area contributed by atoms with E-state index in [9.17, 15) is 14.4 Å². The minimum atomic E-state index is -1.28. The number of hydrogen-bond donors (Lipinski definition) is 1. The number of nitrogens with one attached hydrogen (secondary N) is 1. The van der Waals surface area contributed by atoms with E-state index in [4.69, 9.17) is 18.9 Å². The molecule has 1 amide bonds. The second kappa shape index (κ2) is 10.7. The Morgan fingerprint density at radius 1 is 1.18 bits per heavy atom. The fourth-order valence-electron chi connectivity index (χ4n) is 3.54. The van der Waals surface area contributed by atoms with E-state index in [1.54, 1.807) is 42.5 Å². The Balaban J connectivity index is 1.93. The molecule has 0 fully saturated rings. The molecule has 176 valence electrons. The van der Waals surface area contributed by atoms with E-state index in [2.05, 4.69) is 21.2 Å². The van der Waals surface area contributed by atoms with Gasteiger partial charge >= 0.3 is 12.1 Å². The Labute approximate surface area is 200 Å². The van der Waals surface area contributed by atoms with Gasteiger partial charge in [-0.05, 0) is 36.2 Å². The second-order valence-electron chi connectivity index (χ2n) is 7.68. The molecule has 0 aliphatic carbocycles. The van der Waals surface area contributed by atoms with Crippen LogP contribution in [0.1, 0.15) is 42.3 Å². The topological polar surface area (TPSA) is 100 Å². The molecule has 4 atom stereocenters. The molecule has 8 nitrogen and oxygen atoms in total. The normalized spacial score (nSPS) is 18.9. The van der Waals surface area contributed by atoms with Gasteiger partial charge in [0.05, 0.1) is 19.8 Å². The molecule has 0 saturated heterocycles. The first-order valence-corrected chi connectivity index (χ1v) is 11.3. The minimum absolute atomic E-state index is 0.200. The number of benzene rings is 2. The molecule has 1 heterocycles. The highest BCUT2D eigenvalue weighted by molar-refractivity contribution is 9.10. The van der Waals surface area contributed by atoms with Gasteiger partial charge in [0.15, 0.2) is 6.10 Å². The second-order valence-corrected chi connectivity index (χ2v) is 8.59. The van der Waals surface area contributed by atoms with Crippen LogP contribution in [0, 0.1) is 5.92 Å². The highest BCUT2D eigenvalue weighted by atomic mass is 79.9. The molecule has 2 aromatic carbocycles. The van der Waals surface area contributed by atoms with Crippen LogP contribution >= 0.6 is 15.9 Å². The predicted octanol–water partition coefficient (Wildman–Crippen LogP) is 4.46. The van der Waals surface area contributed by atoms with Crippen molar-refractivity contribution in [3.63, 3.8) is 0 Å². The van der Waals surface area contributed by atoms with Gasteiger partial charge < -0.3 is 24.3 Å². The lowest BCUT2D eigenvalue weighted by atomic mass is 9.93. The third-order valence-electron chi connectivity index (χ3n) is 5.59. The number of ketones is 1. The summed E-state index contributed by atoms with van der Waals surface area (Å²) in [6.45, 7) is 3.70. The molecular weight excluding hydrogens is 494 g/mol. The number of Topliss-reactive ketones (excluding diaryl/α,β-unsaturated/α-hetero) is 1. The molecule has 3 rings (SSSR count). The number of esters is 1. The Kier molecular flexibility index (Phi) is 7.97. The highest BCUT2D eigenvalue weighted by Gasteiger charge is 2.42. The van der Waals surface area contributed by atoms with E-state index < -0.39 is 36.1 Å². The number of fused-ring (bicyclic) bond motifs is 1. The number of alkyl carbamates (subject to hydrolysis) is 1. The zero-order valence-electron chi connectivity index (χ0n) is 18.8. The number of hydrogen-bond acceptors (Lipinski definition) is 7. The molecule has 0 saturated carbocycles. The van der Waals surface area contributed by atoms with Crippen molar-refractivity contribution in [3.8, 4) is 11.5 Å². The summed E-state index contributed by atoms with van der Waals surface area (Å²) in [6, 6.07) is 11.1. The van der Waals surface area contributed by atoms with Gasteiger partial charge in [-0.15, -0.1) is 0 Å². The summed E-state index contributed by atoms with van der Waals surface area (Å²) >= 11 is 3.35. The van der Waals surface area contributed by atoms with Gasteiger partial charge in [-0.3, -0.25) is 4.79 Å². The number of ether oxygens (including phenoxy) is 4. The fraction of sp³-hybridized carbons (Fsp3) is 0.375. The van der Waals surface area contributed by atoms with Gasteiger partial charge in [0.2, 0.25) is 11.9 Å². The largest absolute Gasteiger partial charge is 0.497 e. The summed E-state index contributed by atoms with van der Waals surface area (Å²) < 4.78 is 22.4. The van der Waals surface area contributed by atoms with E-state index in [1.807, 2.05) is 13.8 Å². The first kappa shape index (κ1) is 24.6. The maximum absolute atomic E-state index is 13.4. The first-order valence-electron chi connectivity index (χ1n) is 10.5. The third-order valence-corrected chi connectivity index (χ3v) is 6.09. The summed E-state index contributed by atoms with van der Waals surface area (Å²) in [7, 11) is 2.78. The minimum Gasteiger partial charge on any atom is -0.497 e. The number of amides is 1. The lowest BCUT2D eigenvalue weighted by Crippen LogP contribution is -2.49. The summed E-state index contributed by atoms with van der Waals surface area (Å²) in [5, 5.41) is 2.54. The van der Waals surface area contributed by atoms with Crippen molar-refractivity contribution in [2.45, 2.75) is 38.5 Å². The summed E-state index contributed by atoms with van der Waals surface area (Å²) in [6.07, 6.45) is -2.49. The number of carbonyl (C=O) groups is 3. The zero-order valence-corrected chi connectivity index (χ0v) is 20.4. The van der Waals surface area contributed by atoms with Crippen molar-refractivity contribution >= 4 is 33.8 Å². The van der Waals surface area contributed by atoms with Crippen LogP contribution in [0.25, 0.3) is 0 Å². The highest BCUT2D eigenvalue weighted by Crippen LogP contribution is 2.38. The number of carbonyl (C=O) groups excluding carboxylic acids is 3. The van der Waals surface area contributed by atoms with Crippen LogP contribution in [0.2, 0.25) is 0 Å². The fourth-order valence-corrected chi connectivity index (χ4v) is 3.90. The lowest BCUT2D eigenvalue weighted by Gasteiger charge is -2.33. The molecule has 0 radical (unpaired) electrons. The summed E-state index contributed by atoms with van der Waals surface area (Å²) in [5.41, 5.74) is 0.883. The van der Waals surface area contributed by atoms with Gasteiger partial charge in [0.25, 0.3) is 0 Å². The Hall–Kier alpha value is -3.07. The van der Waals surface area contributed by atoms with Crippen LogP contribution in [-0.2, 0) is 14.3 Å². The van der Waals surface area contributed by atoms with Crippen LogP contribution in [0.3, 0.4) is 0 Å². The smallest absolute Gasteiger partial charge is 0.408 e. The maximum atomic E-state index is 13.4. The predicted molar refractivity (Wildman–Crippen MR) is 123 cm³/mol. The standard InChI is InChI=1S/C24H26BrNO7/c1-5-13(2)19(23(28)31-4)26-24(29)33-22-20(27)17-12-15(25)9-10-18(17)32-21(22)14-7-6-8-16(11-14)30-3/h6-13,19,21-22H,5H2,1-4H3,(H,26,29)/t13-,19+,21-,22+/m0/s1. The average molecular weight is 520 g/mol. The molecule has 2 aromatic rings. The van der Waals surface area contributed by atoms with Gasteiger partial charge in [0, 0.05) is 10.0 Å². The van der Waals surface area contributed by atoms with E-state index >= 15 is 0 Å². The molecule has 33 heavy (non-hydrogen) atoms. The van der Waals surface area contributed by atoms with E-state index in [1.165, 1.54) is 14.2 Å². The van der Waals surface area contributed by atoms with E-state index in [-0.39, 0.29) is 11.5 Å². The molecule has 0 spiro atoms. The maximum Gasteiger partial charge on any atom is 0.408 e. The zero-order chi connectivity index (χ0) is 24.1. The third kappa shape index (κ3) is 5.47. The van der Waals surface area contributed by atoms with Crippen molar-refractivity contribution in [3.05, 3.63) is 58.1 Å². The van der Waals surface area contributed by atoms with Gasteiger partial charge in [-0.1, -0.05) is 48.3 Å². The molecule has 0 aromatic heterocycles. The molecular formula is C24H26BrNO7. The number of rotatable bonds is 7. The van der Waals surface area contributed by atoms with Crippen LogP contribution in [0.5, 0.6) is 11.5 Å². The number of methoxy groups -OCH3 is 2. The van der Waals surface area contributed by atoms with E-state index in [0.717, 1.165) is 0 Å². The monoisotopic (exact) mass is 519 g/mol. The summed E-state index contributed by atoms with van der Waals surface area (Å²) in [5.74, 6) is -0.266. The van der Waals surface area contributed by atoms with Crippen molar-refractivity contribution in [2.75, 3.05) is 14.2 Å². The van der Waals surface area contributed by atoms with Crippen LogP contribution in [0.15, 0.2) is 46.9 Å². The lowest BCUT2D eigenvalue weighted by molar-refractivity contribution is -0.144. The Morgan fingerprint density at radius 3 is 2.61 bits per heavy atom. The van der Waals surface area contributed by atoms with Gasteiger partial charge in [-0.25, -0.2) is 9.59 Å². The van der Waals surface area contributed by atoms with Crippen molar-refractivity contribution in [2.24, 2.45) is 5.92 Å². The van der Waals surface area contributed by atoms with Crippen molar-refractivity contribution in [1.82, 2.24) is 5.32 Å². The van der Waals surface area contributed by atoms with Gasteiger partial charge in [0.1, 0.15) is 17.5 Å². The molecule has 1 aliphatic rings. The van der Waals surface area contributed by atoms with Crippen LogP contribution < -0.4 is 14.8 Å². The van der Waals surface area contributed by atoms with Crippen LogP contribution in [0.4, 0.5) is 4.79 Å².